The molecular formula is C22H39N5O. The van der Waals surface area contributed by atoms with Gasteiger partial charge in [-0.05, 0) is 63.0 Å². The monoisotopic (exact) mass is 389 g/mol. The van der Waals surface area contributed by atoms with Crippen molar-refractivity contribution in [2.45, 2.75) is 65.8 Å². The van der Waals surface area contributed by atoms with E-state index < -0.39 is 0 Å². The Morgan fingerprint density at radius 1 is 1.25 bits per heavy atom. The minimum absolute atomic E-state index is 0.0948. The molecular weight excluding hydrogens is 350 g/mol. The van der Waals surface area contributed by atoms with Crippen LogP contribution in [-0.2, 0) is 0 Å². The Bertz CT molecular complexity index is 589. The van der Waals surface area contributed by atoms with Gasteiger partial charge in [-0.2, -0.15) is 0 Å². The molecule has 0 unspecified atom stereocenters. The topological polar surface area (TPSA) is 72.8 Å². The number of guanidine groups is 1. The number of aliphatic hydroxyl groups is 1. The third-order valence-corrected chi connectivity index (χ3v) is 6.11. The Morgan fingerprint density at radius 2 is 1.96 bits per heavy atom. The predicted molar refractivity (Wildman–Crippen MR) is 118 cm³/mol. The molecule has 2 rings (SSSR count). The van der Waals surface area contributed by atoms with Crippen LogP contribution < -0.4 is 15.5 Å². The van der Waals surface area contributed by atoms with Crippen molar-refractivity contribution in [2.75, 3.05) is 37.7 Å². The van der Waals surface area contributed by atoms with E-state index in [0.717, 1.165) is 70.1 Å². The Kier molecular flexibility index (Phi) is 9.03. The molecule has 1 aliphatic rings. The smallest absolute Gasteiger partial charge is 0.191 e. The summed E-state index contributed by atoms with van der Waals surface area (Å²) >= 11 is 0. The number of aliphatic imine (C=N–C) groups is 1. The fraction of sp³-hybridized carbons (Fsp3) is 0.727. The molecule has 0 bridgehead atoms. The molecule has 0 spiro atoms. The molecule has 0 radical (unpaired) electrons. The van der Waals surface area contributed by atoms with Gasteiger partial charge in [0.15, 0.2) is 5.96 Å². The van der Waals surface area contributed by atoms with Gasteiger partial charge in [-0.1, -0.05) is 19.9 Å². The Labute approximate surface area is 170 Å². The number of aryl methyl sites for hydroxylation is 1. The van der Waals surface area contributed by atoms with Crippen LogP contribution in [0.3, 0.4) is 0 Å². The lowest BCUT2D eigenvalue weighted by Gasteiger charge is -2.34. The van der Waals surface area contributed by atoms with Gasteiger partial charge < -0.3 is 20.6 Å². The number of hydrogen-bond donors (Lipinski definition) is 3. The molecule has 0 amide bonds. The number of rotatable bonds is 9. The second-order valence-electron chi connectivity index (χ2n) is 7.98. The molecule has 0 atom stereocenters. The van der Waals surface area contributed by atoms with Crippen LogP contribution in [0.15, 0.2) is 23.3 Å². The van der Waals surface area contributed by atoms with E-state index >= 15 is 0 Å². The normalized spacial score (nSPS) is 16.3. The van der Waals surface area contributed by atoms with Crippen molar-refractivity contribution >= 4 is 11.8 Å². The van der Waals surface area contributed by atoms with Gasteiger partial charge in [0.25, 0.3) is 0 Å². The maximum absolute atomic E-state index is 9.44. The van der Waals surface area contributed by atoms with Crippen LogP contribution in [0.5, 0.6) is 0 Å². The number of pyridine rings is 1. The number of piperidine rings is 1. The van der Waals surface area contributed by atoms with Gasteiger partial charge in [-0.25, -0.2) is 4.98 Å². The van der Waals surface area contributed by atoms with Crippen LogP contribution in [0, 0.1) is 12.3 Å². The Balaban J connectivity index is 1.92. The Morgan fingerprint density at radius 3 is 2.50 bits per heavy atom. The summed E-state index contributed by atoms with van der Waals surface area (Å²) in [5.74, 6) is 1.97. The lowest BCUT2D eigenvalue weighted by atomic mass is 9.79. The van der Waals surface area contributed by atoms with Gasteiger partial charge in [0, 0.05) is 45.0 Å². The van der Waals surface area contributed by atoms with Crippen LogP contribution in [-0.4, -0.2) is 54.9 Å². The minimum Gasteiger partial charge on any atom is -0.396 e. The van der Waals surface area contributed by atoms with Crippen molar-refractivity contribution in [3.8, 4) is 0 Å². The number of aromatic nitrogens is 1. The Hall–Kier alpha value is -1.82. The molecule has 28 heavy (non-hydrogen) atoms. The van der Waals surface area contributed by atoms with Crippen LogP contribution in [0.25, 0.3) is 0 Å². The first kappa shape index (κ1) is 22.5. The highest BCUT2D eigenvalue weighted by molar-refractivity contribution is 5.80. The van der Waals surface area contributed by atoms with Gasteiger partial charge in [-0.3, -0.25) is 4.99 Å². The summed E-state index contributed by atoms with van der Waals surface area (Å²) < 4.78 is 0. The quantitative estimate of drug-likeness (QED) is 0.447. The molecule has 158 valence electrons. The molecule has 1 aromatic rings. The molecule has 2 heterocycles. The molecule has 1 saturated heterocycles. The van der Waals surface area contributed by atoms with E-state index in [1.165, 1.54) is 5.56 Å². The number of nitrogens with zero attached hydrogens (tertiary/aromatic N) is 3. The zero-order valence-corrected chi connectivity index (χ0v) is 18.2. The largest absolute Gasteiger partial charge is 0.396 e. The first-order chi connectivity index (χ1) is 13.6. The third-order valence-electron chi connectivity index (χ3n) is 6.11. The van der Waals surface area contributed by atoms with E-state index in [0.29, 0.717) is 6.04 Å². The summed E-state index contributed by atoms with van der Waals surface area (Å²) in [6.45, 7) is 12.4. The number of nitrogens with one attached hydrogen (secondary N) is 2. The lowest BCUT2D eigenvalue weighted by molar-refractivity contribution is 0.175. The van der Waals surface area contributed by atoms with Crippen LogP contribution in [0.2, 0.25) is 0 Å². The maximum Gasteiger partial charge on any atom is 0.191 e. The molecule has 3 N–H and O–H groups in total. The number of aliphatic hydroxyl groups excluding tert-OH is 1. The van der Waals surface area contributed by atoms with Crippen molar-refractivity contribution in [2.24, 2.45) is 10.4 Å². The summed E-state index contributed by atoms with van der Waals surface area (Å²) in [4.78, 5) is 11.8. The molecule has 0 aliphatic carbocycles. The average Bonchev–Trinajstić information content (AvgIpc) is 2.72. The van der Waals surface area contributed by atoms with Gasteiger partial charge in [0.05, 0.1) is 0 Å². The van der Waals surface area contributed by atoms with Crippen molar-refractivity contribution < 1.29 is 5.11 Å². The summed E-state index contributed by atoms with van der Waals surface area (Å²) in [7, 11) is 0. The highest BCUT2D eigenvalue weighted by Gasteiger charge is 2.26. The zero-order chi connectivity index (χ0) is 20.4. The first-order valence-electron chi connectivity index (χ1n) is 10.9. The summed E-state index contributed by atoms with van der Waals surface area (Å²) in [5, 5.41) is 16.5. The van der Waals surface area contributed by atoms with E-state index in [4.69, 9.17) is 4.99 Å². The summed E-state index contributed by atoms with van der Waals surface area (Å²) in [6.07, 6.45) is 6.97. The van der Waals surface area contributed by atoms with Crippen LogP contribution in [0.4, 0.5) is 5.82 Å². The average molecular weight is 390 g/mol. The second-order valence-corrected chi connectivity index (χ2v) is 7.98. The van der Waals surface area contributed by atoms with E-state index in [2.05, 4.69) is 60.3 Å². The van der Waals surface area contributed by atoms with E-state index in [1.807, 2.05) is 6.20 Å². The van der Waals surface area contributed by atoms with Gasteiger partial charge >= 0.3 is 0 Å². The molecule has 1 aromatic heterocycles. The third kappa shape index (κ3) is 6.36. The first-order valence-corrected chi connectivity index (χ1v) is 10.9. The van der Waals surface area contributed by atoms with Crippen LogP contribution in [0.1, 0.15) is 58.4 Å². The molecule has 0 saturated carbocycles. The maximum atomic E-state index is 9.44. The van der Waals surface area contributed by atoms with Gasteiger partial charge in [-0.15, -0.1) is 0 Å². The molecule has 1 aliphatic heterocycles. The lowest BCUT2D eigenvalue weighted by Crippen LogP contribution is -2.49. The van der Waals surface area contributed by atoms with Crippen LogP contribution >= 0.6 is 0 Å². The SMILES string of the molecule is CCNC(=NCC(CC)(CC)CCO)NC1CCN(c2ccc(C)cn2)CC1. The molecule has 0 aromatic carbocycles. The number of hydrogen-bond acceptors (Lipinski definition) is 4. The zero-order valence-electron chi connectivity index (χ0n) is 18.2. The standard InChI is InChI=1S/C22H39N5O/c1-5-22(6-2,12-15-28)17-25-21(23-7-3)26-19-10-13-27(14-11-19)20-9-8-18(4)16-24-20/h8-9,16,19,28H,5-7,10-15,17H2,1-4H3,(H2,23,25,26). The van der Waals surface area contributed by atoms with Crippen molar-refractivity contribution in [1.82, 2.24) is 15.6 Å². The van der Waals surface area contributed by atoms with E-state index in [-0.39, 0.29) is 12.0 Å². The number of anilines is 1. The summed E-state index contributed by atoms with van der Waals surface area (Å²) in [6, 6.07) is 4.67. The van der Waals surface area contributed by atoms with Gasteiger partial charge in [0.1, 0.15) is 5.82 Å². The fourth-order valence-corrected chi connectivity index (χ4v) is 3.80. The highest BCUT2D eigenvalue weighted by atomic mass is 16.3. The van der Waals surface area contributed by atoms with Crippen molar-refractivity contribution in [3.63, 3.8) is 0 Å². The predicted octanol–water partition coefficient (Wildman–Crippen LogP) is 3.10. The second kappa shape index (κ2) is 11.2. The molecule has 1 fully saturated rings. The van der Waals surface area contributed by atoms with Crippen molar-refractivity contribution in [3.05, 3.63) is 23.9 Å². The van der Waals surface area contributed by atoms with Gasteiger partial charge in [0.2, 0.25) is 0 Å². The summed E-state index contributed by atoms with van der Waals surface area (Å²) in [5.41, 5.74) is 1.29. The fourth-order valence-electron chi connectivity index (χ4n) is 3.80. The minimum atomic E-state index is 0.0948. The van der Waals surface area contributed by atoms with E-state index in [1.54, 1.807) is 0 Å². The highest BCUT2D eigenvalue weighted by Crippen LogP contribution is 2.30. The van der Waals surface area contributed by atoms with Crippen molar-refractivity contribution in [1.29, 1.82) is 0 Å². The molecule has 6 heteroatoms. The van der Waals surface area contributed by atoms with E-state index in [9.17, 15) is 5.11 Å². The molecule has 6 nitrogen and oxygen atoms in total.